The lowest BCUT2D eigenvalue weighted by Crippen LogP contribution is -2.22. The molecule has 0 aliphatic heterocycles. The quantitative estimate of drug-likeness (QED) is 0.511. The van der Waals surface area contributed by atoms with Crippen molar-refractivity contribution >= 4 is 40.8 Å². The number of amides is 1. The molecule has 9 heteroatoms. The largest absolute Gasteiger partial charge is 0.482 e. The van der Waals surface area contributed by atoms with E-state index in [1.807, 2.05) is 12.1 Å². The highest BCUT2D eigenvalue weighted by atomic mass is 35.5. The number of nitriles is 1. The molecule has 31 heavy (non-hydrogen) atoms. The topological polar surface area (TPSA) is 93.4 Å². The van der Waals surface area contributed by atoms with E-state index in [9.17, 15) is 14.9 Å². The molecule has 1 heterocycles. The van der Waals surface area contributed by atoms with Gasteiger partial charge in [-0.25, -0.2) is 4.79 Å². The molecule has 0 saturated carbocycles. The van der Waals surface area contributed by atoms with Gasteiger partial charge in [0.25, 0.3) is 5.91 Å². The SMILES string of the molecule is CCOC(=O)c1cn(-c2ccccc2)c(C#N)c1NC(=O)COc1ccc(Cl)cc1Cl. The summed E-state index contributed by atoms with van der Waals surface area (Å²) >= 11 is 11.9. The van der Waals surface area contributed by atoms with E-state index in [0.717, 1.165) is 0 Å². The lowest BCUT2D eigenvalue weighted by atomic mass is 10.2. The van der Waals surface area contributed by atoms with Gasteiger partial charge in [0.1, 0.15) is 23.1 Å². The smallest absolute Gasteiger partial charge is 0.341 e. The Morgan fingerprint density at radius 1 is 1.16 bits per heavy atom. The third-order valence-corrected chi connectivity index (χ3v) is 4.69. The Bertz CT molecular complexity index is 1150. The maximum Gasteiger partial charge on any atom is 0.341 e. The van der Waals surface area contributed by atoms with Crippen LogP contribution in [0.3, 0.4) is 0 Å². The van der Waals surface area contributed by atoms with Gasteiger partial charge in [0.2, 0.25) is 0 Å². The van der Waals surface area contributed by atoms with Crippen LogP contribution in [-0.4, -0.2) is 29.7 Å². The lowest BCUT2D eigenvalue weighted by molar-refractivity contribution is -0.118. The number of nitrogens with zero attached hydrogens (tertiary/aromatic N) is 2. The predicted octanol–water partition coefficient (Wildman–Crippen LogP) is 4.85. The Hall–Kier alpha value is -3.47. The van der Waals surface area contributed by atoms with Gasteiger partial charge in [0, 0.05) is 16.9 Å². The maximum absolute atomic E-state index is 12.5. The van der Waals surface area contributed by atoms with Gasteiger partial charge >= 0.3 is 5.97 Å². The van der Waals surface area contributed by atoms with Crippen molar-refractivity contribution in [3.05, 3.63) is 76.0 Å². The second-order valence-electron chi connectivity index (χ2n) is 6.22. The van der Waals surface area contributed by atoms with Gasteiger partial charge in [0.15, 0.2) is 6.61 Å². The number of hydrogen-bond donors (Lipinski definition) is 1. The Morgan fingerprint density at radius 3 is 2.55 bits per heavy atom. The van der Waals surface area contributed by atoms with Crippen molar-refractivity contribution in [1.29, 1.82) is 5.26 Å². The average molecular weight is 458 g/mol. The molecule has 1 aromatic heterocycles. The summed E-state index contributed by atoms with van der Waals surface area (Å²) < 4.78 is 12.0. The average Bonchev–Trinajstić information content (AvgIpc) is 3.12. The highest BCUT2D eigenvalue weighted by molar-refractivity contribution is 6.35. The molecule has 1 N–H and O–H groups in total. The number of carbonyl (C=O) groups excluding carboxylic acids is 2. The van der Waals surface area contributed by atoms with Gasteiger partial charge in [0.05, 0.1) is 17.3 Å². The molecule has 0 aliphatic carbocycles. The van der Waals surface area contributed by atoms with E-state index in [1.54, 1.807) is 37.3 Å². The van der Waals surface area contributed by atoms with E-state index >= 15 is 0 Å². The highest BCUT2D eigenvalue weighted by Crippen LogP contribution is 2.29. The Labute approximate surface area is 188 Å². The number of halogens is 2. The van der Waals surface area contributed by atoms with Crippen molar-refractivity contribution in [2.75, 3.05) is 18.5 Å². The summed E-state index contributed by atoms with van der Waals surface area (Å²) in [7, 11) is 0. The molecule has 7 nitrogen and oxygen atoms in total. The van der Waals surface area contributed by atoms with E-state index < -0.39 is 18.5 Å². The molecule has 0 unspecified atom stereocenters. The molecule has 0 aliphatic rings. The fourth-order valence-corrected chi connectivity index (χ4v) is 3.27. The number of aromatic nitrogens is 1. The van der Waals surface area contributed by atoms with E-state index in [2.05, 4.69) is 5.32 Å². The van der Waals surface area contributed by atoms with Crippen molar-refractivity contribution in [3.8, 4) is 17.5 Å². The van der Waals surface area contributed by atoms with E-state index in [4.69, 9.17) is 32.7 Å². The molecule has 0 bridgehead atoms. The van der Waals surface area contributed by atoms with Crippen LogP contribution in [0.25, 0.3) is 5.69 Å². The van der Waals surface area contributed by atoms with Crippen LogP contribution < -0.4 is 10.1 Å². The van der Waals surface area contributed by atoms with Crippen LogP contribution in [0.2, 0.25) is 10.0 Å². The molecule has 0 fully saturated rings. The number of benzene rings is 2. The lowest BCUT2D eigenvalue weighted by Gasteiger charge is -2.10. The predicted molar refractivity (Wildman–Crippen MR) is 117 cm³/mol. The molecule has 1 amide bonds. The molecule has 0 spiro atoms. The standard InChI is InChI=1S/C22H17Cl2N3O4/c1-2-30-22(29)16-12-27(15-6-4-3-5-7-15)18(11-25)21(16)26-20(28)13-31-19-9-8-14(23)10-17(19)24/h3-10,12H,2,13H2,1H3,(H,26,28). The summed E-state index contributed by atoms with van der Waals surface area (Å²) in [5, 5.41) is 13.0. The van der Waals surface area contributed by atoms with Crippen molar-refractivity contribution in [1.82, 2.24) is 4.57 Å². The van der Waals surface area contributed by atoms with Crippen LogP contribution in [0.4, 0.5) is 5.69 Å². The fourth-order valence-electron chi connectivity index (χ4n) is 2.81. The number of ether oxygens (including phenoxy) is 2. The van der Waals surface area contributed by atoms with Crippen LogP contribution >= 0.6 is 23.2 Å². The monoisotopic (exact) mass is 457 g/mol. The number of rotatable bonds is 7. The highest BCUT2D eigenvalue weighted by Gasteiger charge is 2.24. The number of para-hydroxylation sites is 1. The first kappa shape index (κ1) is 22.2. The Balaban J connectivity index is 1.89. The van der Waals surface area contributed by atoms with Gasteiger partial charge in [-0.1, -0.05) is 41.4 Å². The second kappa shape index (κ2) is 10.0. The molecular weight excluding hydrogens is 441 g/mol. The molecule has 158 valence electrons. The van der Waals surface area contributed by atoms with Gasteiger partial charge in [-0.15, -0.1) is 0 Å². The van der Waals surface area contributed by atoms with Gasteiger partial charge in [-0.3, -0.25) is 4.79 Å². The summed E-state index contributed by atoms with van der Waals surface area (Å²) in [6.07, 6.45) is 1.46. The number of carbonyl (C=O) groups is 2. The Morgan fingerprint density at radius 2 is 1.90 bits per heavy atom. The number of esters is 1. The zero-order chi connectivity index (χ0) is 22.4. The minimum absolute atomic E-state index is 0.0422. The van der Waals surface area contributed by atoms with Crippen molar-refractivity contribution in [2.45, 2.75) is 6.92 Å². The van der Waals surface area contributed by atoms with E-state index in [-0.39, 0.29) is 34.3 Å². The molecular formula is C22H17Cl2N3O4. The van der Waals surface area contributed by atoms with Gasteiger partial charge in [-0.05, 0) is 37.3 Å². The minimum Gasteiger partial charge on any atom is -0.482 e. The first-order valence-electron chi connectivity index (χ1n) is 9.20. The number of nitrogens with one attached hydrogen (secondary N) is 1. The first-order valence-corrected chi connectivity index (χ1v) is 9.95. The number of hydrogen-bond acceptors (Lipinski definition) is 5. The van der Waals surface area contributed by atoms with E-state index in [1.165, 1.54) is 22.9 Å². The van der Waals surface area contributed by atoms with Crippen molar-refractivity contribution in [2.24, 2.45) is 0 Å². The zero-order valence-electron chi connectivity index (χ0n) is 16.4. The second-order valence-corrected chi connectivity index (χ2v) is 7.06. The molecule has 2 aromatic carbocycles. The van der Waals surface area contributed by atoms with Crippen molar-refractivity contribution < 1.29 is 19.1 Å². The van der Waals surface area contributed by atoms with Crippen LogP contribution in [-0.2, 0) is 9.53 Å². The van der Waals surface area contributed by atoms with Crippen LogP contribution in [0.1, 0.15) is 23.0 Å². The summed E-state index contributed by atoms with van der Waals surface area (Å²) in [5.74, 6) is -0.973. The summed E-state index contributed by atoms with van der Waals surface area (Å²) in [6, 6.07) is 15.6. The molecule has 0 saturated heterocycles. The minimum atomic E-state index is -0.661. The van der Waals surface area contributed by atoms with Crippen LogP contribution in [0, 0.1) is 11.3 Å². The van der Waals surface area contributed by atoms with Gasteiger partial charge in [-0.2, -0.15) is 5.26 Å². The summed E-state index contributed by atoms with van der Waals surface area (Å²) in [5.41, 5.74) is 0.821. The molecule has 0 radical (unpaired) electrons. The maximum atomic E-state index is 12.5. The zero-order valence-corrected chi connectivity index (χ0v) is 17.9. The van der Waals surface area contributed by atoms with Crippen molar-refractivity contribution in [3.63, 3.8) is 0 Å². The van der Waals surface area contributed by atoms with E-state index in [0.29, 0.717) is 10.7 Å². The third kappa shape index (κ3) is 5.18. The van der Waals surface area contributed by atoms with Crippen LogP contribution in [0.5, 0.6) is 5.75 Å². The first-order chi connectivity index (χ1) is 14.9. The van der Waals surface area contributed by atoms with Gasteiger partial charge < -0.3 is 19.4 Å². The van der Waals surface area contributed by atoms with Crippen LogP contribution in [0.15, 0.2) is 54.7 Å². The fraction of sp³-hybridized carbons (Fsp3) is 0.136. The third-order valence-electron chi connectivity index (χ3n) is 4.16. The summed E-state index contributed by atoms with van der Waals surface area (Å²) in [4.78, 5) is 25.0. The number of anilines is 1. The molecule has 3 aromatic rings. The Kier molecular flexibility index (Phi) is 7.19. The molecule has 0 atom stereocenters. The molecule has 3 rings (SSSR count). The summed E-state index contributed by atoms with van der Waals surface area (Å²) in [6.45, 7) is 1.41. The normalized spacial score (nSPS) is 10.3.